The highest BCUT2D eigenvalue weighted by Gasteiger charge is 2.48. The number of carbonyl (C=O) groups excluding carboxylic acids is 1. The Morgan fingerprint density at radius 3 is 2.71 bits per heavy atom. The molecule has 0 spiro atoms. The average molecular weight is 324 g/mol. The van der Waals surface area contributed by atoms with Gasteiger partial charge in [0.05, 0.1) is 12.5 Å². The molecule has 4 unspecified atom stereocenters. The number of carbonyl (C=O) groups is 1. The van der Waals surface area contributed by atoms with Gasteiger partial charge in [0.2, 0.25) is 5.91 Å². The molecule has 1 aromatic carbocycles. The van der Waals surface area contributed by atoms with Gasteiger partial charge in [-0.3, -0.25) is 9.48 Å². The van der Waals surface area contributed by atoms with Crippen LogP contribution in [0.4, 0.5) is 0 Å². The van der Waals surface area contributed by atoms with Crippen molar-refractivity contribution in [2.75, 3.05) is 0 Å². The van der Waals surface area contributed by atoms with Crippen LogP contribution in [-0.4, -0.2) is 21.7 Å². The van der Waals surface area contributed by atoms with Crippen molar-refractivity contribution in [1.29, 1.82) is 0 Å². The van der Waals surface area contributed by atoms with Gasteiger partial charge in [-0.25, -0.2) is 0 Å². The third kappa shape index (κ3) is 2.84. The summed E-state index contributed by atoms with van der Waals surface area (Å²) in [6.07, 6.45) is 7.22. The summed E-state index contributed by atoms with van der Waals surface area (Å²) in [7, 11) is 0. The van der Waals surface area contributed by atoms with Crippen molar-refractivity contribution in [3.05, 3.63) is 53.9 Å². The van der Waals surface area contributed by atoms with Crippen LogP contribution in [0, 0.1) is 17.8 Å². The molecule has 2 bridgehead atoms. The van der Waals surface area contributed by atoms with E-state index in [2.05, 4.69) is 22.5 Å². The number of amides is 1. The predicted molar refractivity (Wildman–Crippen MR) is 91.9 cm³/mol. The third-order valence-corrected chi connectivity index (χ3v) is 5.75. The Morgan fingerprint density at radius 2 is 2.00 bits per heavy atom. The zero-order valence-electron chi connectivity index (χ0n) is 13.8. The summed E-state index contributed by atoms with van der Waals surface area (Å²) in [6, 6.07) is 10.2. The van der Waals surface area contributed by atoms with Crippen LogP contribution in [0.1, 0.15) is 30.4 Å². The fourth-order valence-corrected chi connectivity index (χ4v) is 4.48. The predicted octanol–water partition coefficient (Wildman–Crippen LogP) is 1.92. The number of hydrogen-bond donors (Lipinski definition) is 2. The average Bonchev–Trinajstić information content (AvgIpc) is 3.31. The Bertz CT molecular complexity index is 710. The highest BCUT2D eigenvalue weighted by atomic mass is 16.1. The lowest BCUT2D eigenvalue weighted by Gasteiger charge is -2.27. The molecule has 5 nitrogen and oxygen atoms in total. The SMILES string of the molecule is NC1C2CCC(C2)C1C(=O)NCc1ccccc1Cn1cccn1. The number of nitrogens with one attached hydrogen (secondary N) is 1. The maximum Gasteiger partial charge on any atom is 0.225 e. The Labute approximate surface area is 142 Å². The van der Waals surface area contributed by atoms with Crippen LogP contribution < -0.4 is 11.1 Å². The Kier molecular flexibility index (Phi) is 4.10. The second-order valence-electron chi connectivity index (χ2n) is 7.13. The summed E-state index contributed by atoms with van der Waals surface area (Å²) >= 11 is 0. The lowest BCUT2D eigenvalue weighted by Crippen LogP contribution is -2.45. The first-order valence-electron chi connectivity index (χ1n) is 8.80. The summed E-state index contributed by atoms with van der Waals surface area (Å²) in [5.74, 6) is 1.17. The van der Waals surface area contributed by atoms with E-state index in [1.54, 1.807) is 6.20 Å². The van der Waals surface area contributed by atoms with Crippen LogP contribution in [0.25, 0.3) is 0 Å². The third-order valence-electron chi connectivity index (χ3n) is 5.75. The summed E-state index contributed by atoms with van der Waals surface area (Å²) in [6.45, 7) is 1.27. The van der Waals surface area contributed by atoms with Crippen molar-refractivity contribution >= 4 is 5.91 Å². The first-order valence-corrected chi connectivity index (χ1v) is 8.80. The van der Waals surface area contributed by atoms with Crippen molar-refractivity contribution in [3.8, 4) is 0 Å². The largest absolute Gasteiger partial charge is 0.352 e. The molecule has 1 aromatic heterocycles. The number of hydrogen-bond acceptors (Lipinski definition) is 3. The minimum atomic E-state index is 0.00188. The van der Waals surface area contributed by atoms with Gasteiger partial charge in [0.1, 0.15) is 0 Å². The van der Waals surface area contributed by atoms with Gasteiger partial charge in [-0.2, -0.15) is 5.10 Å². The second kappa shape index (κ2) is 6.40. The molecule has 24 heavy (non-hydrogen) atoms. The van der Waals surface area contributed by atoms with Gasteiger partial charge in [0.15, 0.2) is 0 Å². The molecule has 2 fully saturated rings. The molecule has 0 radical (unpaired) electrons. The fourth-order valence-electron chi connectivity index (χ4n) is 4.48. The van der Waals surface area contributed by atoms with Crippen LogP contribution in [-0.2, 0) is 17.9 Å². The summed E-state index contributed by atoms with van der Waals surface area (Å²) < 4.78 is 1.90. The molecule has 2 aliphatic rings. The van der Waals surface area contributed by atoms with Gasteiger partial charge in [0.25, 0.3) is 0 Å². The van der Waals surface area contributed by atoms with Crippen molar-refractivity contribution in [2.45, 2.75) is 38.4 Å². The molecule has 1 heterocycles. The van der Waals surface area contributed by atoms with E-state index in [9.17, 15) is 4.79 Å². The van der Waals surface area contributed by atoms with Gasteiger partial charge in [-0.1, -0.05) is 24.3 Å². The quantitative estimate of drug-likeness (QED) is 0.882. The summed E-state index contributed by atoms with van der Waals surface area (Å²) in [5.41, 5.74) is 8.60. The number of aromatic nitrogens is 2. The zero-order chi connectivity index (χ0) is 16.5. The topological polar surface area (TPSA) is 72.9 Å². The molecule has 3 N–H and O–H groups in total. The van der Waals surface area contributed by atoms with Gasteiger partial charge in [0, 0.05) is 25.0 Å². The molecule has 0 aliphatic heterocycles. The molecule has 0 saturated heterocycles. The zero-order valence-corrected chi connectivity index (χ0v) is 13.8. The molecule has 1 amide bonds. The van der Waals surface area contributed by atoms with Gasteiger partial charge in [-0.15, -0.1) is 0 Å². The molecule has 2 saturated carbocycles. The van der Waals surface area contributed by atoms with Gasteiger partial charge in [-0.05, 0) is 48.3 Å². The van der Waals surface area contributed by atoms with Crippen molar-refractivity contribution in [3.63, 3.8) is 0 Å². The van der Waals surface area contributed by atoms with Crippen LogP contribution in [0.3, 0.4) is 0 Å². The molecule has 4 rings (SSSR count). The minimum absolute atomic E-state index is 0.00188. The maximum absolute atomic E-state index is 12.6. The molecule has 126 valence electrons. The first kappa shape index (κ1) is 15.4. The summed E-state index contributed by atoms with van der Waals surface area (Å²) in [5, 5.41) is 7.39. The maximum atomic E-state index is 12.6. The molecule has 2 aliphatic carbocycles. The van der Waals surface area contributed by atoms with E-state index in [0.717, 1.165) is 18.4 Å². The van der Waals surface area contributed by atoms with E-state index < -0.39 is 0 Å². The summed E-state index contributed by atoms with van der Waals surface area (Å²) in [4.78, 5) is 12.6. The lowest BCUT2D eigenvalue weighted by atomic mass is 9.84. The van der Waals surface area contributed by atoms with E-state index in [4.69, 9.17) is 5.73 Å². The Morgan fingerprint density at radius 1 is 1.21 bits per heavy atom. The van der Waals surface area contributed by atoms with E-state index in [1.807, 2.05) is 29.1 Å². The molecule has 2 aromatic rings. The van der Waals surface area contributed by atoms with E-state index in [-0.39, 0.29) is 17.9 Å². The monoisotopic (exact) mass is 324 g/mol. The highest BCUT2D eigenvalue weighted by molar-refractivity contribution is 5.80. The number of nitrogens with zero attached hydrogens (tertiary/aromatic N) is 2. The van der Waals surface area contributed by atoms with E-state index >= 15 is 0 Å². The standard InChI is InChI=1S/C19H24N4O/c20-18-14-7-6-13(10-14)17(18)19(24)21-11-15-4-1-2-5-16(15)12-23-9-3-8-22-23/h1-5,8-9,13-14,17-18H,6-7,10-12,20H2,(H,21,24). The molecular weight excluding hydrogens is 300 g/mol. The lowest BCUT2D eigenvalue weighted by molar-refractivity contribution is -0.127. The highest BCUT2D eigenvalue weighted by Crippen LogP contribution is 2.47. The number of rotatable bonds is 5. The molecular formula is C19H24N4O. The van der Waals surface area contributed by atoms with Gasteiger partial charge >= 0.3 is 0 Å². The number of nitrogens with two attached hydrogens (primary N) is 1. The van der Waals surface area contributed by atoms with Crippen molar-refractivity contribution in [2.24, 2.45) is 23.5 Å². The normalized spacial score (nSPS) is 28.2. The fraction of sp³-hybridized carbons (Fsp3) is 0.474. The smallest absolute Gasteiger partial charge is 0.225 e. The first-order chi connectivity index (χ1) is 11.7. The Hall–Kier alpha value is -2.14. The van der Waals surface area contributed by atoms with Crippen molar-refractivity contribution in [1.82, 2.24) is 15.1 Å². The second-order valence-corrected chi connectivity index (χ2v) is 7.13. The van der Waals surface area contributed by atoms with Gasteiger partial charge < -0.3 is 11.1 Å². The van der Waals surface area contributed by atoms with E-state index in [0.29, 0.717) is 24.9 Å². The Balaban J connectivity index is 1.42. The van der Waals surface area contributed by atoms with Crippen molar-refractivity contribution < 1.29 is 4.79 Å². The molecule has 4 atom stereocenters. The van der Waals surface area contributed by atoms with Crippen LogP contribution in [0.15, 0.2) is 42.7 Å². The number of benzene rings is 1. The van der Waals surface area contributed by atoms with Crippen LogP contribution >= 0.6 is 0 Å². The molecule has 5 heteroatoms. The van der Waals surface area contributed by atoms with Crippen LogP contribution in [0.2, 0.25) is 0 Å². The number of fused-ring (bicyclic) bond motifs is 2. The van der Waals surface area contributed by atoms with E-state index in [1.165, 1.54) is 12.0 Å². The van der Waals surface area contributed by atoms with Crippen LogP contribution in [0.5, 0.6) is 0 Å². The minimum Gasteiger partial charge on any atom is -0.352 e.